The van der Waals surface area contributed by atoms with E-state index in [1.165, 1.54) is 11.6 Å². The van der Waals surface area contributed by atoms with Crippen LogP contribution >= 0.6 is 0 Å². The summed E-state index contributed by atoms with van der Waals surface area (Å²) in [6.07, 6.45) is 0. The molecule has 0 atom stereocenters. The van der Waals surface area contributed by atoms with Gasteiger partial charge in [-0.2, -0.15) is 0 Å². The second kappa shape index (κ2) is 7.20. The molecule has 2 aromatic carbocycles. The van der Waals surface area contributed by atoms with Gasteiger partial charge < -0.3 is 10.5 Å². The quantitative estimate of drug-likeness (QED) is 0.888. The van der Waals surface area contributed by atoms with Crippen molar-refractivity contribution in [2.45, 2.75) is 19.6 Å². The average Bonchev–Trinajstić information content (AvgIpc) is 2.49. The monoisotopic (exact) mass is 288 g/mol. The SMILES string of the molecule is COc1cccc(CN(C)Cc2ccc(F)c(CN)c2)c1. The summed E-state index contributed by atoms with van der Waals surface area (Å²) >= 11 is 0. The Hall–Kier alpha value is -1.91. The van der Waals surface area contributed by atoms with Crippen LogP contribution in [0.5, 0.6) is 5.75 Å². The average molecular weight is 288 g/mol. The van der Waals surface area contributed by atoms with Crippen LogP contribution in [-0.2, 0) is 19.6 Å². The maximum atomic E-state index is 13.4. The van der Waals surface area contributed by atoms with E-state index in [1.54, 1.807) is 13.2 Å². The van der Waals surface area contributed by atoms with E-state index in [2.05, 4.69) is 11.0 Å². The van der Waals surface area contributed by atoms with Crippen molar-refractivity contribution >= 4 is 0 Å². The molecule has 2 aromatic rings. The van der Waals surface area contributed by atoms with Crippen LogP contribution in [0.25, 0.3) is 0 Å². The Kier molecular flexibility index (Phi) is 5.31. The van der Waals surface area contributed by atoms with Gasteiger partial charge in [-0.1, -0.05) is 24.3 Å². The van der Waals surface area contributed by atoms with Crippen LogP contribution in [-0.4, -0.2) is 19.1 Å². The van der Waals surface area contributed by atoms with Crippen molar-refractivity contribution in [1.29, 1.82) is 0 Å². The van der Waals surface area contributed by atoms with Gasteiger partial charge in [0, 0.05) is 25.2 Å². The van der Waals surface area contributed by atoms with Gasteiger partial charge in [-0.05, 0) is 36.4 Å². The summed E-state index contributed by atoms with van der Waals surface area (Å²) in [5.41, 5.74) is 8.33. The van der Waals surface area contributed by atoms with Crippen molar-refractivity contribution in [3.05, 3.63) is 65.0 Å². The van der Waals surface area contributed by atoms with Crippen LogP contribution in [0.4, 0.5) is 4.39 Å². The van der Waals surface area contributed by atoms with Crippen LogP contribution in [0.2, 0.25) is 0 Å². The molecule has 4 heteroatoms. The molecular weight excluding hydrogens is 267 g/mol. The zero-order valence-electron chi connectivity index (χ0n) is 12.5. The Bertz CT molecular complexity index is 601. The van der Waals surface area contributed by atoms with E-state index in [0.29, 0.717) is 5.56 Å². The molecule has 0 aliphatic carbocycles. The molecule has 0 fully saturated rings. The summed E-state index contributed by atoms with van der Waals surface area (Å²) in [6.45, 7) is 1.76. The van der Waals surface area contributed by atoms with Crippen LogP contribution in [0.3, 0.4) is 0 Å². The Balaban J connectivity index is 2.02. The first-order valence-corrected chi connectivity index (χ1v) is 6.91. The predicted molar refractivity (Wildman–Crippen MR) is 82.5 cm³/mol. The van der Waals surface area contributed by atoms with Crippen molar-refractivity contribution < 1.29 is 9.13 Å². The third kappa shape index (κ3) is 4.28. The molecular formula is C17H21FN2O. The van der Waals surface area contributed by atoms with E-state index in [0.717, 1.165) is 24.4 Å². The van der Waals surface area contributed by atoms with Gasteiger partial charge in [0.1, 0.15) is 11.6 Å². The van der Waals surface area contributed by atoms with Gasteiger partial charge in [-0.3, -0.25) is 4.90 Å². The summed E-state index contributed by atoms with van der Waals surface area (Å²) in [5, 5.41) is 0. The van der Waals surface area contributed by atoms with Crippen LogP contribution < -0.4 is 10.5 Å². The third-order valence-electron chi connectivity index (χ3n) is 3.37. The molecule has 0 radical (unpaired) electrons. The number of methoxy groups -OCH3 is 1. The van der Waals surface area contributed by atoms with Crippen molar-refractivity contribution in [2.75, 3.05) is 14.2 Å². The van der Waals surface area contributed by atoms with Gasteiger partial charge in [0.2, 0.25) is 0 Å². The lowest BCUT2D eigenvalue weighted by molar-refractivity contribution is 0.318. The Morgan fingerprint density at radius 1 is 1.10 bits per heavy atom. The highest BCUT2D eigenvalue weighted by Crippen LogP contribution is 2.16. The zero-order valence-corrected chi connectivity index (χ0v) is 12.5. The number of halogens is 1. The first-order valence-electron chi connectivity index (χ1n) is 6.91. The molecule has 112 valence electrons. The number of rotatable bonds is 6. The number of hydrogen-bond acceptors (Lipinski definition) is 3. The first kappa shape index (κ1) is 15.5. The van der Waals surface area contributed by atoms with Gasteiger partial charge in [-0.15, -0.1) is 0 Å². The van der Waals surface area contributed by atoms with Crippen molar-refractivity contribution in [3.8, 4) is 5.75 Å². The summed E-state index contributed by atoms with van der Waals surface area (Å²) in [7, 11) is 3.70. The van der Waals surface area contributed by atoms with E-state index < -0.39 is 0 Å². The predicted octanol–water partition coefficient (Wildman–Crippen LogP) is 2.93. The third-order valence-corrected chi connectivity index (χ3v) is 3.37. The molecule has 21 heavy (non-hydrogen) atoms. The number of nitrogens with two attached hydrogens (primary N) is 1. The second-order valence-corrected chi connectivity index (χ2v) is 5.15. The highest BCUT2D eigenvalue weighted by atomic mass is 19.1. The minimum absolute atomic E-state index is 0.221. The van der Waals surface area contributed by atoms with Crippen LogP contribution in [0.1, 0.15) is 16.7 Å². The molecule has 0 spiro atoms. The lowest BCUT2D eigenvalue weighted by atomic mass is 10.1. The standard InChI is InChI=1S/C17H21FN2O/c1-20(11-13-4-3-5-16(9-13)21-2)12-14-6-7-17(18)15(8-14)10-19/h3-9H,10-12,19H2,1-2H3. The minimum atomic E-state index is -0.239. The van der Waals surface area contributed by atoms with Crippen LogP contribution in [0, 0.1) is 5.82 Å². The van der Waals surface area contributed by atoms with E-state index in [-0.39, 0.29) is 12.4 Å². The second-order valence-electron chi connectivity index (χ2n) is 5.15. The molecule has 0 heterocycles. The lowest BCUT2D eigenvalue weighted by Gasteiger charge is -2.18. The molecule has 2 rings (SSSR count). The van der Waals surface area contributed by atoms with Gasteiger partial charge in [0.05, 0.1) is 7.11 Å². The fraction of sp³-hybridized carbons (Fsp3) is 0.294. The molecule has 0 amide bonds. The number of ether oxygens (including phenoxy) is 1. The molecule has 0 aliphatic heterocycles. The molecule has 0 saturated heterocycles. The normalized spacial score (nSPS) is 10.9. The van der Waals surface area contributed by atoms with Crippen molar-refractivity contribution in [1.82, 2.24) is 4.90 Å². The zero-order chi connectivity index (χ0) is 15.2. The largest absolute Gasteiger partial charge is 0.497 e. The summed E-state index contributed by atoms with van der Waals surface area (Å²) < 4.78 is 18.7. The molecule has 0 unspecified atom stereocenters. The maximum Gasteiger partial charge on any atom is 0.127 e. The number of benzene rings is 2. The lowest BCUT2D eigenvalue weighted by Crippen LogP contribution is -2.17. The Labute approximate surface area is 125 Å². The minimum Gasteiger partial charge on any atom is -0.497 e. The van der Waals surface area contributed by atoms with E-state index in [4.69, 9.17) is 10.5 Å². The number of nitrogens with zero attached hydrogens (tertiary/aromatic N) is 1. The van der Waals surface area contributed by atoms with E-state index in [9.17, 15) is 4.39 Å². The van der Waals surface area contributed by atoms with Gasteiger partial charge in [-0.25, -0.2) is 4.39 Å². The Morgan fingerprint density at radius 3 is 2.48 bits per heavy atom. The van der Waals surface area contributed by atoms with Gasteiger partial charge in [0.15, 0.2) is 0 Å². The summed E-state index contributed by atoms with van der Waals surface area (Å²) in [6, 6.07) is 13.1. The fourth-order valence-corrected chi connectivity index (χ4v) is 2.33. The topological polar surface area (TPSA) is 38.5 Å². The summed E-state index contributed by atoms with van der Waals surface area (Å²) in [4.78, 5) is 2.17. The highest BCUT2D eigenvalue weighted by Gasteiger charge is 2.06. The first-order chi connectivity index (χ1) is 10.1. The van der Waals surface area contributed by atoms with Gasteiger partial charge >= 0.3 is 0 Å². The van der Waals surface area contributed by atoms with E-state index >= 15 is 0 Å². The molecule has 2 N–H and O–H groups in total. The van der Waals surface area contributed by atoms with Crippen LogP contribution in [0.15, 0.2) is 42.5 Å². The molecule has 0 saturated carbocycles. The summed E-state index contributed by atoms with van der Waals surface area (Å²) in [5.74, 6) is 0.616. The molecule has 3 nitrogen and oxygen atoms in total. The molecule has 0 bridgehead atoms. The van der Waals surface area contributed by atoms with Crippen molar-refractivity contribution in [3.63, 3.8) is 0 Å². The number of hydrogen-bond donors (Lipinski definition) is 1. The fourth-order valence-electron chi connectivity index (χ4n) is 2.33. The van der Waals surface area contributed by atoms with Crippen molar-refractivity contribution in [2.24, 2.45) is 5.73 Å². The molecule has 0 aromatic heterocycles. The maximum absolute atomic E-state index is 13.4. The van der Waals surface area contributed by atoms with E-state index in [1.807, 2.05) is 31.3 Å². The highest BCUT2D eigenvalue weighted by molar-refractivity contribution is 5.29. The molecule has 0 aliphatic rings. The smallest absolute Gasteiger partial charge is 0.127 e. The van der Waals surface area contributed by atoms with Gasteiger partial charge in [0.25, 0.3) is 0 Å². The Morgan fingerprint density at radius 2 is 1.81 bits per heavy atom.